The van der Waals surface area contributed by atoms with Gasteiger partial charge in [-0.15, -0.1) is 0 Å². The van der Waals surface area contributed by atoms with E-state index in [1.54, 1.807) is 20.8 Å². The van der Waals surface area contributed by atoms with Crippen molar-refractivity contribution >= 4 is 11.9 Å². The van der Waals surface area contributed by atoms with Crippen LogP contribution in [0.15, 0.2) is 24.3 Å². The topological polar surface area (TPSA) is 63.6 Å². The molecule has 4 nitrogen and oxygen atoms in total. The molecule has 0 bridgehead atoms. The average Bonchev–Trinajstić information content (AvgIpc) is 2.32. The van der Waals surface area contributed by atoms with Crippen LogP contribution in [0.3, 0.4) is 0 Å². The molecule has 1 atom stereocenters. The summed E-state index contributed by atoms with van der Waals surface area (Å²) in [5.74, 6) is -3.28. The molecular formula is C15H17F3O4. The number of esters is 1. The van der Waals surface area contributed by atoms with E-state index in [0.717, 1.165) is 24.3 Å². The molecule has 122 valence electrons. The fourth-order valence-electron chi connectivity index (χ4n) is 1.80. The van der Waals surface area contributed by atoms with Crippen molar-refractivity contribution < 1.29 is 32.6 Å². The maximum absolute atomic E-state index is 12.5. The third kappa shape index (κ3) is 5.38. The molecule has 0 amide bonds. The van der Waals surface area contributed by atoms with Gasteiger partial charge >= 0.3 is 18.1 Å². The normalized spacial score (nSPS) is 13.5. The van der Waals surface area contributed by atoms with Crippen molar-refractivity contribution in [1.82, 2.24) is 0 Å². The number of alkyl halides is 3. The molecule has 0 saturated heterocycles. The van der Waals surface area contributed by atoms with Crippen LogP contribution in [-0.2, 0) is 20.5 Å². The van der Waals surface area contributed by atoms with Crippen LogP contribution in [0.25, 0.3) is 0 Å². The number of halogens is 3. The fraction of sp³-hybridized carbons (Fsp3) is 0.467. The van der Waals surface area contributed by atoms with E-state index in [2.05, 4.69) is 0 Å². The van der Waals surface area contributed by atoms with Gasteiger partial charge in [-0.1, -0.05) is 12.1 Å². The van der Waals surface area contributed by atoms with Crippen LogP contribution in [0.1, 0.15) is 44.2 Å². The van der Waals surface area contributed by atoms with Gasteiger partial charge < -0.3 is 9.84 Å². The first-order valence-electron chi connectivity index (χ1n) is 6.52. The lowest BCUT2D eigenvalue weighted by atomic mass is 9.95. The molecule has 1 aromatic carbocycles. The summed E-state index contributed by atoms with van der Waals surface area (Å²) in [6, 6.07) is 3.71. The zero-order chi connectivity index (χ0) is 17.1. The molecular weight excluding hydrogens is 301 g/mol. The molecule has 0 aliphatic rings. The molecule has 7 heteroatoms. The SMILES string of the molecule is CC(C)(C)OC(=O)CC(C(=O)O)c1ccc(C(F)(F)F)cc1. The molecule has 0 heterocycles. The Morgan fingerprint density at radius 1 is 1.14 bits per heavy atom. The van der Waals surface area contributed by atoms with Gasteiger partial charge in [0.25, 0.3) is 0 Å². The zero-order valence-corrected chi connectivity index (χ0v) is 12.4. The molecule has 22 heavy (non-hydrogen) atoms. The van der Waals surface area contributed by atoms with E-state index < -0.39 is 41.6 Å². The highest BCUT2D eigenvalue weighted by atomic mass is 19.4. The van der Waals surface area contributed by atoms with Crippen molar-refractivity contribution in [3.63, 3.8) is 0 Å². The van der Waals surface area contributed by atoms with Gasteiger partial charge in [0.1, 0.15) is 5.60 Å². The standard InChI is InChI=1S/C15H17F3O4/c1-14(2,3)22-12(19)8-11(13(20)21)9-4-6-10(7-5-9)15(16,17)18/h4-7,11H,8H2,1-3H3,(H,20,21). The number of hydrogen-bond acceptors (Lipinski definition) is 3. The summed E-state index contributed by atoms with van der Waals surface area (Å²) in [4.78, 5) is 23.0. The lowest BCUT2D eigenvalue weighted by Crippen LogP contribution is -2.26. The van der Waals surface area contributed by atoms with Gasteiger partial charge in [0.2, 0.25) is 0 Å². The Labute approximate surface area is 125 Å². The first-order valence-corrected chi connectivity index (χ1v) is 6.52. The maximum atomic E-state index is 12.5. The minimum Gasteiger partial charge on any atom is -0.481 e. The van der Waals surface area contributed by atoms with Crippen molar-refractivity contribution in [2.24, 2.45) is 0 Å². The van der Waals surface area contributed by atoms with Crippen LogP contribution in [0.5, 0.6) is 0 Å². The molecule has 1 unspecified atom stereocenters. The Balaban J connectivity index is 2.93. The molecule has 0 aromatic heterocycles. The summed E-state index contributed by atoms with van der Waals surface area (Å²) in [6.07, 6.45) is -4.94. The number of rotatable bonds is 4. The molecule has 0 aliphatic heterocycles. The van der Waals surface area contributed by atoms with E-state index in [-0.39, 0.29) is 5.56 Å². The van der Waals surface area contributed by atoms with Gasteiger partial charge in [-0.25, -0.2) is 0 Å². The predicted octanol–water partition coefficient (Wildman–Crippen LogP) is 3.61. The van der Waals surface area contributed by atoms with Crippen LogP contribution in [0.4, 0.5) is 13.2 Å². The van der Waals surface area contributed by atoms with E-state index in [9.17, 15) is 27.9 Å². The molecule has 0 fully saturated rings. The van der Waals surface area contributed by atoms with Crippen LogP contribution in [-0.4, -0.2) is 22.6 Å². The quantitative estimate of drug-likeness (QED) is 0.862. The molecule has 1 N–H and O–H groups in total. The highest BCUT2D eigenvalue weighted by Gasteiger charge is 2.31. The number of ether oxygens (including phenoxy) is 1. The predicted molar refractivity (Wildman–Crippen MR) is 72.3 cm³/mol. The second-order valence-electron chi connectivity index (χ2n) is 5.80. The van der Waals surface area contributed by atoms with Crippen molar-refractivity contribution in [3.05, 3.63) is 35.4 Å². The number of carbonyl (C=O) groups excluding carboxylic acids is 1. The number of carbonyl (C=O) groups is 2. The summed E-state index contributed by atoms with van der Waals surface area (Å²) in [5.41, 5.74) is -1.52. The van der Waals surface area contributed by atoms with Crippen molar-refractivity contribution in [1.29, 1.82) is 0 Å². The lowest BCUT2D eigenvalue weighted by Gasteiger charge is -2.21. The summed E-state index contributed by atoms with van der Waals surface area (Å²) >= 11 is 0. The Hall–Kier alpha value is -2.05. The van der Waals surface area contributed by atoms with Crippen LogP contribution in [0.2, 0.25) is 0 Å². The van der Waals surface area contributed by atoms with Crippen molar-refractivity contribution in [2.75, 3.05) is 0 Å². The Bertz CT molecular complexity index is 541. The van der Waals surface area contributed by atoms with Gasteiger partial charge in [0.15, 0.2) is 0 Å². The van der Waals surface area contributed by atoms with E-state index in [1.165, 1.54) is 0 Å². The highest BCUT2D eigenvalue weighted by Crippen LogP contribution is 2.31. The Kier molecular flexibility index (Phi) is 5.22. The molecule has 1 aromatic rings. The minimum atomic E-state index is -4.50. The second-order valence-corrected chi connectivity index (χ2v) is 5.80. The molecule has 0 spiro atoms. The van der Waals surface area contributed by atoms with Crippen LogP contribution < -0.4 is 0 Å². The first-order chi connectivity index (χ1) is 9.90. The minimum absolute atomic E-state index is 0.117. The Morgan fingerprint density at radius 2 is 1.64 bits per heavy atom. The van der Waals surface area contributed by atoms with Gasteiger partial charge in [-0.05, 0) is 38.5 Å². The maximum Gasteiger partial charge on any atom is 0.416 e. The monoisotopic (exact) mass is 318 g/mol. The highest BCUT2D eigenvalue weighted by molar-refractivity contribution is 5.83. The largest absolute Gasteiger partial charge is 0.481 e. The van der Waals surface area contributed by atoms with E-state index in [4.69, 9.17) is 4.74 Å². The zero-order valence-electron chi connectivity index (χ0n) is 12.4. The summed E-state index contributed by atoms with van der Waals surface area (Å²) < 4.78 is 42.5. The summed E-state index contributed by atoms with van der Waals surface area (Å²) in [6.45, 7) is 4.91. The molecule has 1 rings (SSSR count). The van der Waals surface area contributed by atoms with Gasteiger partial charge in [0.05, 0.1) is 17.9 Å². The van der Waals surface area contributed by atoms with Crippen LogP contribution >= 0.6 is 0 Å². The number of benzene rings is 1. The molecule has 0 radical (unpaired) electrons. The summed E-state index contributed by atoms with van der Waals surface area (Å²) in [5, 5.41) is 9.17. The van der Waals surface area contributed by atoms with Crippen molar-refractivity contribution in [2.45, 2.75) is 44.9 Å². The third-order valence-electron chi connectivity index (χ3n) is 2.73. The number of aliphatic carboxylic acids is 1. The van der Waals surface area contributed by atoms with Gasteiger partial charge in [-0.2, -0.15) is 13.2 Å². The fourth-order valence-corrected chi connectivity index (χ4v) is 1.80. The number of hydrogen-bond donors (Lipinski definition) is 1. The summed E-state index contributed by atoms with van der Waals surface area (Å²) in [7, 11) is 0. The van der Waals surface area contributed by atoms with Crippen molar-refractivity contribution in [3.8, 4) is 0 Å². The lowest BCUT2D eigenvalue weighted by molar-refractivity contribution is -0.158. The average molecular weight is 318 g/mol. The van der Waals surface area contributed by atoms with Gasteiger partial charge in [-0.3, -0.25) is 9.59 Å². The number of carboxylic acid groups (broad SMARTS) is 1. The second kappa shape index (κ2) is 6.37. The third-order valence-corrected chi connectivity index (χ3v) is 2.73. The first kappa shape index (κ1) is 18.0. The number of carboxylic acids is 1. The van der Waals surface area contributed by atoms with Crippen LogP contribution in [0, 0.1) is 0 Å². The Morgan fingerprint density at radius 3 is 2.00 bits per heavy atom. The van der Waals surface area contributed by atoms with E-state index >= 15 is 0 Å². The van der Waals surface area contributed by atoms with Gasteiger partial charge in [0, 0.05) is 0 Å². The smallest absolute Gasteiger partial charge is 0.416 e. The van der Waals surface area contributed by atoms with E-state index in [1.807, 2.05) is 0 Å². The molecule has 0 saturated carbocycles. The van der Waals surface area contributed by atoms with E-state index in [0.29, 0.717) is 0 Å². The molecule has 0 aliphatic carbocycles.